The molecule has 0 atom stereocenters. The summed E-state index contributed by atoms with van der Waals surface area (Å²) in [5.74, 6) is 0. The molecular formula is C48H31NO. The van der Waals surface area contributed by atoms with Crippen molar-refractivity contribution in [2.24, 2.45) is 0 Å². The van der Waals surface area contributed by atoms with Gasteiger partial charge in [0.1, 0.15) is 11.2 Å². The normalized spacial score (nSPS) is 13.6. The highest BCUT2D eigenvalue weighted by Gasteiger charge is 2.17. The Balaban J connectivity index is 1.15. The van der Waals surface area contributed by atoms with E-state index in [0.29, 0.717) is 11.4 Å². The third-order valence-electron chi connectivity index (χ3n) is 9.56. The van der Waals surface area contributed by atoms with Crippen LogP contribution in [-0.4, -0.2) is 0 Å². The zero-order valence-electron chi connectivity index (χ0n) is 33.7. The van der Waals surface area contributed by atoms with E-state index in [4.69, 9.17) is 12.6 Å². The van der Waals surface area contributed by atoms with Gasteiger partial charge < -0.3 is 9.32 Å². The first kappa shape index (κ1) is 22.1. The molecule has 0 radical (unpaired) electrons. The van der Waals surface area contributed by atoms with Gasteiger partial charge in [-0.2, -0.15) is 0 Å². The molecule has 0 aliphatic rings. The third-order valence-corrected chi connectivity index (χ3v) is 9.56. The molecule has 0 saturated carbocycles. The molecule has 0 bridgehead atoms. The monoisotopic (exact) mass is 644 g/mol. The Hall–Kier alpha value is -6.64. The van der Waals surface area contributed by atoms with Gasteiger partial charge in [-0.15, -0.1) is 0 Å². The lowest BCUT2D eigenvalue weighted by Crippen LogP contribution is -2.10. The molecule has 0 N–H and O–H groups in total. The highest BCUT2D eigenvalue weighted by Crippen LogP contribution is 2.42. The fraction of sp³-hybridized carbons (Fsp3) is 0. The van der Waals surface area contributed by atoms with E-state index >= 15 is 0 Å². The van der Waals surface area contributed by atoms with Crippen LogP contribution in [0, 0.1) is 0 Å². The Bertz CT molecular complexity index is 3260. The summed E-state index contributed by atoms with van der Waals surface area (Å²) in [6.45, 7) is 0. The molecule has 0 spiro atoms. The fourth-order valence-corrected chi connectivity index (χ4v) is 7.13. The van der Waals surface area contributed by atoms with E-state index in [1.54, 1.807) is 4.90 Å². The maximum atomic E-state index is 9.26. The van der Waals surface area contributed by atoms with Crippen molar-refractivity contribution in [2.45, 2.75) is 0 Å². The minimum Gasteiger partial charge on any atom is -0.455 e. The number of hydrogen-bond acceptors (Lipinski definition) is 2. The maximum Gasteiger partial charge on any atom is 0.143 e. The Labute approximate surface area is 299 Å². The second-order valence-corrected chi connectivity index (χ2v) is 12.4. The molecule has 2 nitrogen and oxygen atoms in total. The molecule has 0 fully saturated rings. The molecule has 0 unspecified atom stereocenters. The standard InChI is InChI=1S/C48H31NO/c1-3-12-40-34(10-1)19-20-37-31-36(25-30-41(37)40)32-21-26-38(27-22-32)49(46-17-7-11-33-9-2-4-13-42(33)46)39-28-23-35(24-29-39)43-15-8-16-45-44-14-5-6-18-47(44)50-48(43)45/h1-31H/i2D,4D,7D,9D,11D,13D,17D. The van der Waals surface area contributed by atoms with Crippen LogP contribution in [0.1, 0.15) is 9.60 Å². The van der Waals surface area contributed by atoms with Gasteiger partial charge in [0.2, 0.25) is 0 Å². The van der Waals surface area contributed by atoms with Crippen molar-refractivity contribution in [1.82, 2.24) is 0 Å². The van der Waals surface area contributed by atoms with Crippen LogP contribution in [0.25, 0.3) is 76.5 Å². The van der Waals surface area contributed by atoms with E-state index in [-0.39, 0.29) is 28.5 Å². The number of rotatable bonds is 5. The van der Waals surface area contributed by atoms with Gasteiger partial charge in [-0.25, -0.2) is 0 Å². The number of nitrogens with zero attached hydrogens (tertiary/aromatic N) is 1. The third kappa shape index (κ3) is 4.65. The van der Waals surface area contributed by atoms with Crippen LogP contribution < -0.4 is 4.90 Å². The molecule has 0 amide bonds. The van der Waals surface area contributed by atoms with Gasteiger partial charge in [-0.1, -0.05) is 145 Å². The number of hydrogen-bond donors (Lipinski definition) is 0. The largest absolute Gasteiger partial charge is 0.455 e. The van der Waals surface area contributed by atoms with E-state index in [2.05, 4.69) is 42.5 Å². The minimum atomic E-state index is -0.493. The lowest BCUT2D eigenvalue weighted by molar-refractivity contribution is 0.670. The SMILES string of the molecule is [2H]c1c([2H])c([2H])c2c(N(c3ccc(-c4ccc5c(ccc6ccccc65)c4)cc3)c3ccc(-c4cccc5c4oc4ccccc45)cc3)c([2H])c([2H])c([2H])c2c1[2H]. The van der Waals surface area contributed by atoms with Gasteiger partial charge in [0.25, 0.3) is 0 Å². The van der Waals surface area contributed by atoms with Crippen molar-refractivity contribution < 1.29 is 14.0 Å². The molecule has 234 valence electrons. The van der Waals surface area contributed by atoms with Crippen LogP contribution in [-0.2, 0) is 0 Å². The summed E-state index contributed by atoms with van der Waals surface area (Å²) in [4.78, 5) is 1.75. The molecule has 1 heterocycles. The summed E-state index contributed by atoms with van der Waals surface area (Å²) in [7, 11) is 0. The number of anilines is 3. The summed E-state index contributed by atoms with van der Waals surface area (Å²) < 4.78 is 67.9. The van der Waals surface area contributed by atoms with Crippen molar-refractivity contribution in [1.29, 1.82) is 0 Å². The van der Waals surface area contributed by atoms with E-state index < -0.39 is 30.2 Å². The van der Waals surface area contributed by atoms with Crippen molar-refractivity contribution in [3.8, 4) is 22.3 Å². The Morgan fingerprint density at radius 3 is 1.94 bits per heavy atom. The Morgan fingerprint density at radius 2 is 1.08 bits per heavy atom. The number of fused-ring (bicyclic) bond motifs is 7. The average molecular weight is 645 g/mol. The van der Waals surface area contributed by atoms with Crippen molar-refractivity contribution >= 4 is 71.3 Å². The first-order valence-corrected chi connectivity index (χ1v) is 16.5. The fourth-order valence-electron chi connectivity index (χ4n) is 7.13. The molecule has 2 heteroatoms. The van der Waals surface area contributed by atoms with Gasteiger partial charge in [-0.05, 0) is 86.1 Å². The molecule has 0 aliphatic carbocycles. The summed E-state index contributed by atoms with van der Waals surface area (Å²) in [5.41, 5.74) is 6.64. The van der Waals surface area contributed by atoms with Crippen LogP contribution in [0.2, 0.25) is 0 Å². The van der Waals surface area contributed by atoms with Gasteiger partial charge >= 0.3 is 0 Å². The highest BCUT2D eigenvalue weighted by atomic mass is 16.3. The zero-order chi connectivity index (χ0) is 39.1. The van der Waals surface area contributed by atoms with Crippen LogP contribution in [0.3, 0.4) is 0 Å². The minimum absolute atomic E-state index is 0.00829. The summed E-state index contributed by atoms with van der Waals surface area (Å²) in [6.07, 6.45) is 0. The van der Waals surface area contributed by atoms with Crippen LogP contribution >= 0.6 is 0 Å². The first-order chi connectivity index (χ1) is 27.7. The molecule has 0 saturated heterocycles. The predicted molar refractivity (Wildman–Crippen MR) is 212 cm³/mol. The lowest BCUT2D eigenvalue weighted by Gasteiger charge is -2.27. The average Bonchev–Trinajstić information content (AvgIpc) is 3.64. The van der Waals surface area contributed by atoms with E-state index in [9.17, 15) is 1.37 Å². The summed E-state index contributed by atoms with van der Waals surface area (Å²) in [6, 6.07) is 45.6. The first-order valence-electron chi connectivity index (χ1n) is 20.0. The summed E-state index contributed by atoms with van der Waals surface area (Å²) >= 11 is 0. The van der Waals surface area contributed by atoms with E-state index in [0.717, 1.165) is 49.6 Å². The van der Waals surface area contributed by atoms with Crippen molar-refractivity contribution in [3.63, 3.8) is 0 Å². The Kier molecular flexibility index (Phi) is 5.08. The molecule has 50 heavy (non-hydrogen) atoms. The quantitative estimate of drug-likeness (QED) is 0.173. The molecule has 10 rings (SSSR count). The lowest BCUT2D eigenvalue weighted by atomic mass is 9.97. The highest BCUT2D eigenvalue weighted by molar-refractivity contribution is 6.10. The molecule has 1 aromatic heterocycles. The molecule has 10 aromatic rings. The topological polar surface area (TPSA) is 16.4 Å². The van der Waals surface area contributed by atoms with Crippen LogP contribution in [0.5, 0.6) is 0 Å². The van der Waals surface area contributed by atoms with Crippen molar-refractivity contribution in [2.75, 3.05) is 4.90 Å². The second kappa shape index (κ2) is 11.5. The number of benzene rings is 9. The van der Waals surface area contributed by atoms with Gasteiger partial charge in [0, 0.05) is 33.1 Å². The molecule has 0 aliphatic heterocycles. The number of para-hydroxylation sites is 2. The molecular weight excluding hydrogens is 607 g/mol. The zero-order valence-corrected chi connectivity index (χ0v) is 26.7. The van der Waals surface area contributed by atoms with E-state index in [1.807, 2.05) is 103 Å². The van der Waals surface area contributed by atoms with Gasteiger partial charge in [0.05, 0.1) is 15.3 Å². The van der Waals surface area contributed by atoms with E-state index in [1.165, 1.54) is 16.2 Å². The smallest absolute Gasteiger partial charge is 0.143 e. The maximum absolute atomic E-state index is 9.26. The van der Waals surface area contributed by atoms with Gasteiger partial charge in [-0.3, -0.25) is 0 Å². The van der Waals surface area contributed by atoms with Crippen LogP contribution in [0.4, 0.5) is 17.1 Å². The van der Waals surface area contributed by atoms with Crippen LogP contribution in [0.15, 0.2) is 192 Å². The number of furan rings is 1. The van der Waals surface area contributed by atoms with Crippen molar-refractivity contribution in [3.05, 3.63) is 188 Å². The Morgan fingerprint density at radius 1 is 0.420 bits per heavy atom. The molecule has 9 aromatic carbocycles. The van der Waals surface area contributed by atoms with Gasteiger partial charge in [0.15, 0.2) is 0 Å². The second-order valence-electron chi connectivity index (χ2n) is 12.4. The summed E-state index contributed by atoms with van der Waals surface area (Å²) in [5, 5.41) is 6.60. The predicted octanol–water partition coefficient (Wildman–Crippen LogP) is 13.8.